The molecule has 0 spiro atoms. The molecule has 4 heteroatoms. The highest BCUT2D eigenvalue weighted by Crippen LogP contribution is 2.31. The van der Waals surface area contributed by atoms with Gasteiger partial charge in [0.05, 0.1) is 0 Å². The van der Waals surface area contributed by atoms with Gasteiger partial charge in [-0.05, 0) is 44.9 Å². The molecule has 112 valence electrons. The Morgan fingerprint density at radius 3 is 2.45 bits per heavy atom. The molecule has 0 atom stereocenters. The van der Waals surface area contributed by atoms with Gasteiger partial charge in [0.15, 0.2) is 0 Å². The molecule has 0 aromatic heterocycles. The molecule has 0 unspecified atom stereocenters. The largest absolute Gasteiger partial charge is 0.354 e. The molecule has 0 saturated heterocycles. The van der Waals surface area contributed by atoms with Gasteiger partial charge >= 0.3 is 0 Å². The maximum atomic E-state index is 12.5. The highest BCUT2D eigenvalue weighted by molar-refractivity contribution is 5.98. The number of nitrogens with one attached hydrogen (secondary N) is 2. The fraction of sp³-hybridized carbons (Fsp3) is 0.750. The van der Waals surface area contributed by atoms with E-state index in [4.69, 9.17) is 0 Å². The predicted molar refractivity (Wildman–Crippen MR) is 79.1 cm³/mol. The summed E-state index contributed by atoms with van der Waals surface area (Å²) >= 11 is 0. The van der Waals surface area contributed by atoms with Gasteiger partial charge in [-0.1, -0.05) is 25.8 Å². The summed E-state index contributed by atoms with van der Waals surface area (Å²) in [5.41, 5.74) is 0.0308. The van der Waals surface area contributed by atoms with E-state index in [2.05, 4.69) is 10.6 Å². The number of hydrogen-bond donors (Lipinski definition) is 2. The van der Waals surface area contributed by atoms with E-state index in [-0.39, 0.29) is 11.8 Å². The summed E-state index contributed by atoms with van der Waals surface area (Å²) in [6.45, 7) is 4.58. The maximum Gasteiger partial charge on any atom is 0.247 e. The summed E-state index contributed by atoms with van der Waals surface area (Å²) in [5.74, 6) is 0.574. The summed E-state index contributed by atoms with van der Waals surface area (Å²) < 4.78 is 0. The van der Waals surface area contributed by atoms with E-state index < -0.39 is 5.54 Å². The molecule has 2 N–H and O–H groups in total. The van der Waals surface area contributed by atoms with Crippen molar-refractivity contribution in [2.75, 3.05) is 6.54 Å². The second-order valence-electron chi connectivity index (χ2n) is 6.19. The molecule has 4 nitrogen and oxygen atoms in total. The van der Waals surface area contributed by atoms with Crippen LogP contribution in [-0.4, -0.2) is 23.9 Å². The smallest absolute Gasteiger partial charge is 0.247 e. The molecule has 2 rings (SSSR count). The molecule has 2 fully saturated rings. The highest BCUT2D eigenvalue weighted by Gasteiger charge is 2.42. The molecule has 0 radical (unpaired) electrons. The molecule has 2 saturated carbocycles. The summed E-state index contributed by atoms with van der Waals surface area (Å²) in [7, 11) is 0. The number of hydrogen-bond acceptors (Lipinski definition) is 2. The van der Waals surface area contributed by atoms with Crippen molar-refractivity contribution in [2.45, 2.75) is 64.3 Å². The lowest BCUT2D eigenvalue weighted by molar-refractivity contribution is -0.132. The van der Waals surface area contributed by atoms with Crippen molar-refractivity contribution in [1.82, 2.24) is 10.6 Å². The number of allylic oxidation sites excluding steroid dienone is 1. The molecular formula is C16H26N2O2. The monoisotopic (exact) mass is 278 g/mol. The first-order valence-electron chi connectivity index (χ1n) is 7.85. The molecule has 20 heavy (non-hydrogen) atoms. The maximum absolute atomic E-state index is 12.5. The van der Waals surface area contributed by atoms with Gasteiger partial charge in [-0.2, -0.15) is 0 Å². The first kappa shape index (κ1) is 15.1. The lowest BCUT2D eigenvalue weighted by atomic mass is 9.95. The SMILES string of the molecule is CC/C=C(\C)C(=O)NC1(C(=O)NCC2CC2)CCCC1. The lowest BCUT2D eigenvalue weighted by Crippen LogP contribution is -2.57. The third kappa shape index (κ3) is 3.62. The van der Waals surface area contributed by atoms with Crippen LogP contribution >= 0.6 is 0 Å². The first-order chi connectivity index (χ1) is 9.57. The second-order valence-corrected chi connectivity index (χ2v) is 6.19. The third-order valence-electron chi connectivity index (χ3n) is 4.36. The van der Waals surface area contributed by atoms with Crippen molar-refractivity contribution in [2.24, 2.45) is 5.92 Å². The van der Waals surface area contributed by atoms with Crippen LogP contribution in [0.4, 0.5) is 0 Å². The van der Waals surface area contributed by atoms with Crippen LogP contribution in [0.1, 0.15) is 58.8 Å². The minimum Gasteiger partial charge on any atom is -0.354 e. The average Bonchev–Trinajstić information content (AvgIpc) is 3.14. The molecule has 2 amide bonds. The Bertz CT molecular complexity index is 405. The van der Waals surface area contributed by atoms with Gasteiger partial charge < -0.3 is 10.6 Å². The van der Waals surface area contributed by atoms with E-state index >= 15 is 0 Å². The summed E-state index contributed by atoms with van der Waals surface area (Å²) in [5, 5.41) is 6.03. The van der Waals surface area contributed by atoms with Crippen LogP contribution in [0, 0.1) is 5.92 Å². The number of rotatable bonds is 6. The van der Waals surface area contributed by atoms with Gasteiger partial charge in [-0.3, -0.25) is 9.59 Å². The van der Waals surface area contributed by atoms with Crippen molar-refractivity contribution in [1.29, 1.82) is 0 Å². The third-order valence-corrected chi connectivity index (χ3v) is 4.36. The predicted octanol–water partition coefficient (Wildman–Crippen LogP) is 2.30. The lowest BCUT2D eigenvalue weighted by Gasteiger charge is -2.29. The summed E-state index contributed by atoms with van der Waals surface area (Å²) in [4.78, 5) is 24.7. The zero-order valence-electron chi connectivity index (χ0n) is 12.6. The Morgan fingerprint density at radius 2 is 1.90 bits per heavy atom. The topological polar surface area (TPSA) is 58.2 Å². The Morgan fingerprint density at radius 1 is 1.25 bits per heavy atom. The van der Waals surface area contributed by atoms with E-state index in [1.165, 1.54) is 12.8 Å². The van der Waals surface area contributed by atoms with Crippen molar-refractivity contribution in [3.8, 4) is 0 Å². The Balaban J connectivity index is 1.98. The summed E-state index contributed by atoms with van der Waals surface area (Å²) in [6, 6.07) is 0. The molecule has 0 aromatic rings. The zero-order chi connectivity index (χ0) is 14.6. The molecule has 0 aromatic carbocycles. The highest BCUT2D eigenvalue weighted by atomic mass is 16.2. The Labute approximate surface area is 121 Å². The number of carbonyl (C=O) groups is 2. The van der Waals surface area contributed by atoms with E-state index in [1.807, 2.05) is 19.9 Å². The molecule has 0 heterocycles. The quantitative estimate of drug-likeness (QED) is 0.732. The van der Waals surface area contributed by atoms with Crippen LogP contribution in [0.5, 0.6) is 0 Å². The van der Waals surface area contributed by atoms with Crippen molar-refractivity contribution < 1.29 is 9.59 Å². The molecule has 2 aliphatic rings. The Hall–Kier alpha value is -1.32. The van der Waals surface area contributed by atoms with Gasteiger partial charge in [-0.15, -0.1) is 0 Å². The van der Waals surface area contributed by atoms with Crippen molar-refractivity contribution >= 4 is 11.8 Å². The van der Waals surface area contributed by atoms with Gasteiger partial charge in [0, 0.05) is 12.1 Å². The van der Waals surface area contributed by atoms with Crippen molar-refractivity contribution in [3.63, 3.8) is 0 Å². The minimum absolute atomic E-state index is 0.0135. The van der Waals surface area contributed by atoms with Crippen LogP contribution in [0.3, 0.4) is 0 Å². The van der Waals surface area contributed by atoms with Gasteiger partial charge in [0.25, 0.3) is 0 Å². The minimum atomic E-state index is -0.672. The van der Waals surface area contributed by atoms with E-state index in [9.17, 15) is 9.59 Å². The fourth-order valence-electron chi connectivity index (χ4n) is 2.83. The van der Waals surface area contributed by atoms with Gasteiger partial charge in [0.1, 0.15) is 5.54 Å². The second kappa shape index (κ2) is 6.42. The number of amides is 2. The van der Waals surface area contributed by atoms with E-state index in [1.54, 1.807) is 0 Å². The standard InChI is InChI=1S/C16H26N2O2/c1-3-6-12(2)14(19)18-16(9-4-5-10-16)15(20)17-11-13-7-8-13/h6,13H,3-5,7-11H2,1-2H3,(H,17,20)(H,18,19)/b12-6+. The van der Waals surface area contributed by atoms with Crippen molar-refractivity contribution in [3.05, 3.63) is 11.6 Å². The van der Waals surface area contributed by atoms with Gasteiger partial charge in [0.2, 0.25) is 11.8 Å². The molecule has 2 aliphatic carbocycles. The first-order valence-corrected chi connectivity index (χ1v) is 7.85. The van der Waals surface area contributed by atoms with Gasteiger partial charge in [-0.25, -0.2) is 0 Å². The van der Waals surface area contributed by atoms with E-state index in [0.29, 0.717) is 11.5 Å². The van der Waals surface area contributed by atoms with Crippen LogP contribution in [0.15, 0.2) is 11.6 Å². The Kier molecular flexibility index (Phi) is 4.84. The van der Waals surface area contributed by atoms with Crippen LogP contribution in [-0.2, 0) is 9.59 Å². The van der Waals surface area contributed by atoms with Crippen LogP contribution in [0.25, 0.3) is 0 Å². The fourth-order valence-corrected chi connectivity index (χ4v) is 2.83. The van der Waals surface area contributed by atoms with E-state index in [0.717, 1.165) is 38.6 Å². The normalized spacial score (nSPS) is 21.6. The molecular weight excluding hydrogens is 252 g/mol. The summed E-state index contributed by atoms with van der Waals surface area (Å²) in [6.07, 6.45) is 8.71. The average molecular weight is 278 g/mol. The van der Waals surface area contributed by atoms with Crippen LogP contribution < -0.4 is 10.6 Å². The zero-order valence-corrected chi connectivity index (χ0v) is 12.6. The molecule has 0 aliphatic heterocycles. The van der Waals surface area contributed by atoms with Crippen LogP contribution in [0.2, 0.25) is 0 Å². The number of carbonyl (C=O) groups excluding carboxylic acids is 2. The molecule has 0 bridgehead atoms.